The van der Waals surface area contributed by atoms with Crippen molar-refractivity contribution in [1.82, 2.24) is 4.98 Å². The number of nitrogens with zero attached hydrogens (tertiary/aromatic N) is 1. The topological polar surface area (TPSA) is 79.3 Å². The molecule has 17 heavy (non-hydrogen) atoms. The molecule has 1 aromatic heterocycles. The third kappa shape index (κ3) is 2.82. The molecule has 0 aliphatic heterocycles. The van der Waals surface area contributed by atoms with Crippen molar-refractivity contribution in [2.45, 2.75) is 26.2 Å². The molecule has 1 aliphatic carbocycles. The number of amides is 1. The molecule has 2 N–H and O–H groups in total. The van der Waals surface area contributed by atoms with Crippen LogP contribution >= 0.6 is 11.3 Å². The molecule has 0 radical (unpaired) electrons. The summed E-state index contributed by atoms with van der Waals surface area (Å²) in [5.41, 5.74) is 0. The van der Waals surface area contributed by atoms with Crippen molar-refractivity contribution in [3.63, 3.8) is 0 Å². The third-order valence-electron chi connectivity index (χ3n) is 3.00. The van der Waals surface area contributed by atoms with Gasteiger partial charge in [0.1, 0.15) is 0 Å². The van der Waals surface area contributed by atoms with Gasteiger partial charge in [-0.15, -0.1) is 11.3 Å². The molecule has 6 heteroatoms. The second kappa shape index (κ2) is 4.83. The standard InChI is InChI=1S/C11H14N2O3S/c1-6-5-12-11(17-6)13-9(14)7-2-3-8(4-7)10(15)16/h5,7-8H,2-4H2,1H3,(H,15,16)(H,12,13,14)/t7-,8-/m1/s1. The molecule has 1 saturated carbocycles. The van der Waals surface area contributed by atoms with Crippen LogP contribution in [0, 0.1) is 18.8 Å². The summed E-state index contributed by atoms with van der Waals surface area (Å²) in [6.45, 7) is 1.92. The van der Waals surface area contributed by atoms with E-state index in [0.29, 0.717) is 24.4 Å². The van der Waals surface area contributed by atoms with Crippen LogP contribution < -0.4 is 5.32 Å². The van der Waals surface area contributed by atoms with Gasteiger partial charge in [0, 0.05) is 17.0 Å². The maximum Gasteiger partial charge on any atom is 0.306 e. The van der Waals surface area contributed by atoms with Crippen molar-refractivity contribution in [3.05, 3.63) is 11.1 Å². The van der Waals surface area contributed by atoms with E-state index < -0.39 is 5.97 Å². The van der Waals surface area contributed by atoms with Crippen LogP contribution in [0.25, 0.3) is 0 Å². The Balaban J connectivity index is 1.91. The quantitative estimate of drug-likeness (QED) is 0.863. The highest BCUT2D eigenvalue weighted by molar-refractivity contribution is 7.15. The normalized spacial score (nSPS) is 23.6. The summed E-state index contributed by atoms with van der Waals surface area (Å²) < 4.78 is 0. The highest BCUT2D eigenvalue weighted by Gasteiger charge is 2.33. The predicted octanol–water partition coefficient (Wildman–Crippen LogP) is 1.89. The minimum atomic E-state index is -0.801. The van der Waals surface area contributed by atoms with Crippen LogP contribution in [-0.4, -0.2) is 22.0 Å². The zero-order valence-corrected chi connectivity index (χ0v) is 10.3. The predicted molar refractivity (Wildman–Crippen MR) is 63.9 cm³/mol. The summed E-state index contributed by atoms with van der Waals surface area (Å²) in [6, 6.07) is 0. The van der Waals surface area contributed by atoms with Crippen LogP contribution in [-0.2, 0) is 9.59 Å². The van der Waals surface area contributed by atoms with E-state index in [4.69, 9.17) is 5.11 Å². The number of nitrogens with one attached hydrogen (secondary N) is 1. The molecule has 1 fully saturated rings. The van der Waals surface area contributed by atoms with Crippen molar-refractivity contribution in [3.8, 4) is 0 Å². The maximum absolute atomic E-state index is 11.9. The largest absolute Gasteiger partial charge is 0.481 e. The van der Waals surface area contributed by atoms with E-state index in [1.54, 1.807) is 6.20 Å². The molecule has 0 bridgehead atoms. The summed E-state index contributed by atoms with van der Waals surface area (Å²) in [6.07, 6.45) is 3.37. The molecule has 92 valence electrons. The fourth-order valence-electron chi connectivity index (χ4n) is 2.06. The molecule has 1 amide bonds. The number of carbonyl (C=O) groups is 2. The number of carboxylic acids is 1. The van der Waals surface area contributed by atoms with Gasteiger partial charge >= 0.3 is 5.97 Å². The van der Waals surface area contributed by atoms with E-state index in [-0.39, 0.29) is 17.7 Å². The van der Waals surface area contributed by atoms with Crippen molar-refractivity contribution in [2.75, 3.05) is 5.32 Å². The van der Waals surface area contributed by atoms with Gasteiger partial charge in [0.25, 0.3) is 0 Å². The summed E-state index contributed by atoms with van der Waals surface area (Å²) in [7, 11) is 0. The first kappa shape index (κ1) is 12.0. The number of rotatable bonds is 3. The van der Waals surface area contributed by atoms with Crippen LogP contribution in [0.2, 0.25) is 0 Å². The number of aryl methyl sites for hydroxylation is 1. The SMILES string of the molecule is Cc1cnc(NC(=O)[C@@H]2CC[C@@H](C(=O)O)C2)s1. The van der Waals surface area contributed by atoms with Gasteiger partial charge in [0.2, 0.25) is 5.91 Å². The van der Waals surface area contributed by atoms with Gasteiger partial charge < -0.3 is 10.4 Å². The summed E-state index contributed by atoms with van der Waals surface area (Å²) in [5, 5.41) is 12.2. The fourth-order valence-corrected chi connectivity index (χ4v) is 2.73. The monoisotopic (exact) mass is 254 g/mol. The highest BCUT2D eigenvalue weighted by Crippen LogP contribution is 2.32. The van der Waals surface area contributed by atoms with Crippen molar-refractivity contribution in [1.29, 1.82) is 0 Å². The Morgan fingerprint density at radius 2 is 2.18 bits per heavy atom. The second-order valence-electron chi connectivity index (χ2n) is 4.31. The molecule has 2 rings (SSSR count). The van der Waals surface area contributed by atoms with Gasteiger partial charge in [0.15, 0.2) is 5.13 Å². The minimum Gasteiger partial charge on any atom is -0.481 e. The number of aliphatic carboxylic acids is 1. The van der Waals surface area contributed by atoms with Gasteiger partial charge in [-0.2, -0.15) is 0 Å². The van der Waals surface area contributed by atoms with Crippen LogP contribution in [0.4, 0.5) is 5.13 Å². The molecule has 0 unspecified atom stereocenters. The zero-order chi connectivity index (χ0) is 12.4. The Bertz CT molecular complexity index is 444. The highest BCUT2D eigenvalue weighted by atomic mass is 32.1. The first-order chi connectivity index (χ1) is 8.06. The van der Waals surface area contributed by atoms with E-state index in [2.05, 4.69) is 10.3 Å². The lowest BCUT2D eigenvalue weighted by Gasteiger charge is -2.08. The number of carboxylic acid groups (broad SMARTS) is 1. The maximum atomic E-state index is 11.9. The smallest absolute Gasteiger partial charge is 0.306 e. The van der Waals surface area contributed by atoms with Crippen molar-refractivity contribution >= 4 is 28.3 Å². The van der Waals surface area contributed by atoms with E-state index in [1.807, 2.05) is 6.92 Å². The number of hydrogen-bond donors (Lipinski definition) is 2. The Hall–Kier alpha value is -1.43. The lowest BCUT2D eigenvalue weighted by Crippen LogP contribution is -2.21. The van der Waals surface area contributed by atoms with Gasteiger partial charge in [-0.1, -0.05) is 0 Å². The summed E-state index contributed by atoms with van der Waals surface area (Å²) in [4.78, 5) is 27.7. The van der Waals surface area contributed by atoms with Crippen molar-refractivity contribution in [2.24, 2.45) is 11.8 Å². The van der Waals surface area contributed by atoms with Crippen LogP contribution in [0.3, 0.4) is 0 Å². The number of thiazole rings is 1. The molecule has 2 atom stereocenters. The summed E-state index contributed by atoms with van der Waals surface area (Å²) in [5.74, 6) is -1.47. The van der Waals surface area contributed by atoms with Crippen LogP contribution in [0.5, 0.6) is 0 Å². The number of aromatic nitrogens is 1. The molecule has 1 aromatic rings. The minimum absolute atomic E-state index is 0.108. The molecule has 1 aliphatic rings. The molecule has 1 heterocycles. The molecular formula is C11H14N2O3S. The van der Waals surface area contributed by atoms with E-state index in [1.165, 1.54) is 11.3 Å². The molecule has 0 spiro atoms. The third-order valence-corrected chi connectivity index (χ3v) is 3.83. The van der Waals surface area contributed by atoms with Gasteiger partial charge in [-0.25, -0.2) is 4.98 Å². The Kier molecular flexibility index (Phi) is 3.42. The van der Waals surface area contributed by atoms with Crippen LogP contribution in [0.1, 0.15) is 24.1 Å². The molecule has 0 aromatic carbocycles. The van der Waals surface area contributed by atoms with Crippen LogP contribution in [0.15, 0.2) is 6.20 Å². The van der Waals surface area contributed by atoms with Gasteiger partial charge in [-0.05, 0) is 26.2 Å². The second-order valence-corrected chi connectivity index (χ2v) is 5.55. The number of hydrogen-bond acceptors (Lipinski definition) is 4. The first-order valence-corrected chi connectivity index (χ1v) is 6.34. The van der Waals surface area contributed by atoms with Crippen molar-refractivity contribution < 1.29 is 14.7 Å². The zero-order valence-electron chi connectivity index (χ0n) is 9.47. The Morgan fingerprint density at radius 3 is 2.71 bits per heavy atom. The lowest BCUT2D eigenvalue weighted by molar-refractivity contribution is -0.141. The molecule has 0 saturated heterocycles. The van der Waals surface area contributed by atoms with E-state index >= 15 is 0 Å². The molecule has 5 nitrogen and oxygen atoms in total. The fraction of sp³-hybridized carbons (Fsp3) is 0.545. The van der Waals surface area contributed by atoms with E-state index in [0.717, 1.165) is 4.88 Å². The lowest BCUT2D eigenvalue weighted by atomic mass is 10.0. The van der Waals surface area contributed by atoms with E-state index in [9.17, 15) is 9.59 Å². The van der Waals surface area contributed by atoms with Gasteiger partial charge in [-0.3, -0.25) is 9.59 Å². The molecular weight excluding hydrogens is 240 g/mol. The number of carbonyl (C=O) groups excluding carboxylic acids is 1. The first-order valence-electron chi connectivity index (χ1n) is 5.52. The average molecular weight is 254 g/mol. The van der Waals surface area contributed by atoms with Gasteiger partial charge in [0.05, 0.1) is 5.92 Å². The summed E-state index contributed by atoms with van der Waals surface area (Å²) >= 11 is 1.42. The Morgan fingerprint density at radius 1 is 1.47 bits per heavy atom. The Labute approximate surface area is 103 Å². The average Bonchev–Trinajstić information content (AvgIpc) is 2.86. The number of anilines is 1.